The van der Waals surface area contributed by atoms with Crippen molar-refractivity contribution in [3.8, 4) is 0 Å². The zero-order valence-corrected chi connectivity index (χ0v) is 13.3. The van der Waals surface area contributed by atoms with Crippen LogP contribution < -0.4 is 5.32 Å². The predicted molar refractivity (Wildman–Crippen MR) is 84.4 cm³/mol. The second kappa shape index (κ2) is 6.71. The number of aryl methyl sites for hydroxylation is 1. The van der Waals surface area contributed by atoms with E-state index in [0.29, 0.717) is 22.1 Å². The second-order valence-corrected chi connectivity index (χ2v) is 6.37. The number of hydrogen-bond donors (Lipinski definition) is 3. The van der Waals surface area contributed by atoms with Crippen molar-refractivity contribution in [2.45, 2.75) is 31.7 Å². The van der Waals surface area contributed by atoms with E-state index in [1.54, 1.807) is 12.1 Å². The van der Waals surface area contributed by atoms with Crippen molar-refractivity contribution in [2.24, 2.45) is 0 Å². The zero-order valence-electron chi connectivity index (χ0n) is 12.5. The van der Waals surface area contributed by atoms with Gasteiger partial charge in [0.15, 0.2) is 0 Å². The number of carbonyl (C=O) groups is 1. The topological polar surface area (TPSA) is 105 Å². The maximum absolute atomic E-state index is 12.2. The summed E-state index contributed by atoms with van der Waals surface area (Å²) in [5.41, 5.74) is 1.46. The van der Waals surface area contributed by atoms with E-state index in [-0.39, 0.29) is 12.5 Å². The van der Waals surface area contributed by atoms with Gasteiger partial charge < -0.3 is 14.9 Å². The van der Waals surface area contributed by atoms with Crippen LogP contribution in [0.3, 0.4) is 0 Å². The van der Waals surface area contributed by atoms with Crippen molar-refractivity contribution < 1.29 is 19.7 Å². The molecule has 0 saturated carbocycles. The van der Waals surface area contributed by atoms with Crippen LogP contribution in [0.2, 0.25) is 0 Å². The maximum Gasteiger partial charge on any atom is 0.257 e. The lowest BCUT2D eigenvalue weighted by Crippen LogP contribution is -2.24. The summed E-state index contributed by atoms with van der Waals surface area (Å²) >= 11 is 1.20. The molecule has 3 N–H and O–H groups in total. The molecule has 2 aromatic rings. The third-order valence-corrected chi connectivity index (χ3v) is 4.66. The largest absolute Gasteiger partial charge is 0.394 e. The summed E-state index contributed by atoms with van der Waals surface area (Å²) in [5.74, 6) is -0.244. The first-order chi connectivity index (χ1) is 11.1. The summed E-state index contributed by atoms with van der Waals surface area (Å²) in [7, 11) is 0. The highest BCUT2D eigenvalue weighted by Gasteiger charge is 2.36. The van der Waals surface area contributed by atoms with Crippen LogP contribution in [-0.4, -0.2) is 45.1 Å². The predicted octanol–water partition coefficient (Wildman–Crippen LogP) is 1.28. The van der Waals surface area contributed by atoms with Crippen molar-refractivity contribution in [1.82, 2.24) is 10.2 Å². The molecule has 0 spiro atoms. The van der Waals surface area contributed by atoms with E-state index in [1.807, 2.05) is 19.1 Å². The monoisotopic (exact) mass is 335 g/mol. The number of nitrogens with zero attached hydrogens (tertiary/aromatic N) is 2. The smallest absolute Gasteiger partial charge is 0.257 e. The van der Waals surface area contributed by atoms with E-state index in [2.05, 4.69) is 15.5 Å². The Morgan fingerprint density at radius 3 is 2.91 bits per heavy atom. The number of aliphatic hydroxyl groups excluding tert-OH is 2. The van der Waals surface area contributed by atoms with Crippen molar-refractivity contribution in [3.63, 3.8) is 0 Å². The molecule has 122 valence electrons. The molecule has 3 atom stereocenters. The van der Waals surface area contributed by atoms with E-state index in [9.17, 15) is 9.90 Å². The average Bonchev–Trinajstić information content (AvgIpc) is 3.14. The van der Waals surface area contributed by atoms with Crippen LogP contribution in [0.25, 0.3) is 0 Å². The summed E-state index contributed by atoms with van der Waals surface area (Å²) in [6, 6.07) is 7.28. The molecule has 1 saturated heterocycles. The lowest BCUT2D eigenvalue weighted by molar-refractivity contribution is -0.0227. The Kier molecular flexibility index (Phi) is 4.67. The minimum Gasteiger partial charge on any atom is -0.394 e. The molecule has 2 heterocycles. The average molecular weight is 335 g/mol. The molecule has 1 amide bonds. The molecule has 1 aliphatic rings. The van der Waals surface area contributed by atoms with Crippen molar-refractivity contribution in [2.75, 3.05) is 11.9 Å². The fourth-order valence-corrected chi connectivity index (χ4v) is 3.25. The first-order valence-corrected chi connectivity index (χ1v) is 8.05. The van der Waals surface area contributed by atoms with Crippen molar-refractivity contribution in [1.29, 1.82) is 0 Å². The van der Waals surface area contributed by atoms with E-state index < -0.39 is 18.3 Å². The summed E-state index contributed by atoms with van der Waals surface area (Å²) in [5, 5.41) is 30.5. The quantitative estimate of drug-likeness (QED) is 0.777. The van der Waals surface area contributed by atoms with E-state index in [1.165, 1.54) is 11.3 Å². The fraction of sp³-hybridized carbons (Fsp3) is 0.400. The van der Waals surface area contributed by atoms with Crippen LogP contribution in [0, 0.1) is 6.92 Å². The number of nitrogens with one attached hydrogen (secondary N) is 1. The van der Waals surface area contributed by atoms with E-state index >= 15 is 0 Å². The number of hydrogen-bond acceptors (Lipinski definition) is 7. The third kappa shape index (κ3) is 3.40. The Labute approximate surface area is 136 Å². The van der Waals surface area contributed by atoms with Gasteiger partial charge in [0, 0.05) is 12.0 Å². The van der Waals surface area contributed by atoms with Crippen molar-refractivity contribution >= 4 is 22.4 Å². The SMILES string of the molecule is Cc1ccccc1C(=O)Nc1nnc([C@@H]2C[C@H](O)[C@@H](CO)O2)s1. The van der Waals surface area contributed by atoms with Crippen LogP contribution in [-0.2, 0) is 4.74 Å². The van der Waals surface area contributed by atoms with Crippen molar-refractivity contribution in [3.05, 3.63) is 40.4 Å². The molecular formula is C15H17N3O4S. The van der Waals surface area contributed by atoms with Gasteiger partial charge in [-0.15, -0.1) is 10.2 Å². The number of anilines is 1. The number of rotatable bonds is 4. The maximum atomic E-state index is 12.2. The standard InChI is InChI=1S/C15H17N3O4S/c1-8-4-2-3-5-9(8)13(21)16-15-18-17-14(23-15)11-6-10(20)12(7-19)22-11/h2-5,10-12,19-20H,6-7H2,1H3,(H,16,18,21)/t10-,11-,12+/m0/s1. The molecule has 7 nitrogen and oxygen atoms in total. The van der Waals surface area contributed by atoms with Gasteiger partial charge >= 0.3 is 0 Å². The molecule has 0 unspecified atom stereocenters. The molecule has 1 fully saturated rings. The first-order valence-electron chi connectivity index (χ1n) is 7.23. The van der Waals surface area contributed by atoms with Gasteiger partial charge in [0.2, 0.25) is 5.13 Å². The minimum atomic E-state index is -0.723. The third-order valence-electron chi connectivity index (χ3n) is 3.73. The van der Waals surface area contributed by atoms with Gasteiger partial charge in [-0.05, 0) is 18.6 Å². The molecule has 8 heteroatoms. The molecule has 1 aliphatic heterocycles. The summed E-state index contributed by atoms with van der Waals surface area (Å²) < 4.78 is 5.53. The van der Waals surface area contributed by atoms with Crippen LogP contribution in [0.1, 0.15) is 33.5 Å². The molecule has 0 radical (unpaired) electrons. The highest BCUT2D eigenvalue weighted by Crippen LogP contribution is 2.35. The van der Waals surface area contributed by atoms with Crippen LogP contribution >= 0.6 is 11.3 Å². The fourth-order valence-electron chi connectivity index (χ4n) is 2.46. The van der Waals surface area contributed by atoms with Gasteiger partial charge in [-0.3, -0.25) is 10.1 Å². The highest BCUT2D eigenvalue weighted by atomic mass is 32.1. The van der Waals surface area contributed by atoms with Gasteiger partial charge in [0.05, 0.1) is 12.7 Å². The second-order valence-electron chi connectivity index (χ2n) is 5.36. The number of ether oxygens (including phenoxy) is 1. The molecule has 1 aromatic heterocycles. The molecule has 1 aromatic carbocycles. The lowest BCUT2D eigenvalue weighted by atomic mass is 10.1. The van der Waals surface area contributed by atoms with Crippen LogP contribution in [0.4, 0.5) is 5.13 Å². The molecule has 23 heavy (non-hydrogen) atoms. The Hall–Kier alpha value is -1.87. The number of carbonyl (C=O) groups excluding carboxylic acids is 1. The molecule has 0 bridgehead atoms. The van der Waals surface area contributed by atoms with Gasteiger partial charge in [-0.1, -0.05) is 29.5 Å². The molecule has 0 aliphatic carbocycles. The number of aliphatic hydroxyl groups is 2. The Balaban J connectivity index is 1.68. The van der Waals surface area contributed by atoms with Gasteiger partial charge in [0.25, 0.3) is 5.91 Å². The Bertz CT molecular complexity index is 706. The highest BCUT2D eigenvalue weighted by molar-refractivity contribution is 7.15. The summed E-state index contributed by atoms with van der Waals surface area (Å²) in [6.07, 6.45) is -1.39. The Morgan fingerprint density at radius 1 is 1.43 bits per heavy atom. The number of amides is 1. The zero-order chi connectivity index (χ0) is 16.4. The van der Waals surface area contributed by atoms with Crippen LogP contribution in [0.5, 0.6) is 0 Å². The van der Waals surface area contributed by atoms with Crippen LogP contribution in [0.15, 0.2) is 24.3 Å². The number of benzene rings is 1. The summed E-state index contributed by atoms with van der Waals surface area (Å²) in [4.78, 5) is 12.2. The van der Waals surface area contributed by atoms with E-state index in [0.717, 1.165) is 5.56 Å². The van der Waals surface area contributed by atoms with E-state index in [4.69, 9.17) is 9.84 Å². The minimum absolute atomic E-state index is 0.243. The Morgan fingerprint density at radius 2 is 2.22 bits per heavy atom. The van der Waals surface area contributed by atoms with Gasteiger partial charge in [-0.2, -0.15) is 0 Å². The lowest BCUT2D eigenvalue weighted by Gasteiger charge is -2.09. The van der Waals surface area contributed by atoms with Gasteiger partial charge in [0.1, 0.15) is 17.2 Å². The van der Waals surface area contributed by atoms with Gasteiger partial charge in [-0.25, -0.2) is 0 Å². The number of aromatic nitrogens is 2. The molecular weight excluding hydrogens is 318 g/mol. The summed E-state index contributed by atoms with van der Waals surface area (Å²) in [6.45, 7) is 1.62. The normalized spacial score (nSPS) is 23.9. The first kappa shape index (κ1) is 16.0. The molecule has 3 rings (SSSR count).